The van der Waals surface area contributed by atoms with E-state index in [1.807, 2.05) is 12.1 Å². The maximum absolute atomic E-state index is 5.63. The molecular formula is C60H37N3. The predicted octanol–water partition coefficient (Wildman–Crippen LogP) is 14.9. The Bertz CT molecular complexity index is 3520. The molecule has 2 heterocycles. The molecule has 0 saturated heterocycles. The molecule has 0 N–H and O–H groups in total. The Kier molecular flexibility index (Phi) is 7.82. The van der Waals surface area contributed by atoms with Gasteiger partial charge in [0.05, 0.1) is 28.0 Å². The molecule has 2 aliphatic carbocycles. The van der Waals surface area contributed by atoms with Crippen molar-refractivity contribution in [1.29, 1.82) is 0 Å². The average molecular weight is 800 g/mol. The molecule has 0 atom stereocenters. The van der Waals surface area contributed by atoms with Gasteiger partial charge < -0.3 is 0 Å². The number of benzene rings is 9. The van der Waals surface area contributed by atoms with Crippen LogP contribution in [0.3, 0.4) is 0 Å². The summed E-state index contributed by atoms with van der Waals surface area (Å²) >= 11 is 0. The minimum Gasteiger partial charge on any atom is -0.248 e. The van der Waals surface area contributed by atoms with Gasteiger partial charge in [0.25, 0.3) is 0 Å². The van der Waals surface area contributed by atoms with Gasteiger partial charge in [0.15, 0.2) is 5.82 Å². The van der Waals surface area contributed by atoms with Crippen LogP contribution < -0.4 is 0 Å². The number of hydrogen-bond donors (Lipinski definition) is 0. The van der Waals surface area contributed by atoms with Crippen LogP contribution in [0.2, 0.25) is 0 Å². The molecule has 63 heavy (non-hydrogen) atoms. The number of hydrogen-bond acceptors (Lipinski definition) is 3. The van der Waals surface area contributed by atoms with Crippen LogP contribution in [0.25, 0.3) is 100 Å². The van der Waals surface area contributed by atoms with Crippen molar-refractivity contribution in [2.45, 2.75) is 5.41 Å². The van der Waals surface area contributed by atoms with Gasteiger partial charge in [-0.2, -0.15) is 0 Å². The normalized spacial score (nSPS) is 12.9. The molecule has 292 valence electrons. The minimum absolute atomic E-state index is 0.470. The molecule has 1 spiro atoms. The lowest BCUT2D eigenvalue weighted by Crippen LogP contribution is -2.25. The summed E-state index contributed by atoms with van der Waals surface area (Å²) in [5.41, 5.74) is 19.9. The Morgan fingerprint density at radius 1 is 0.270 bits per heavy atom. The fourth-order valence-electron chi connectivity index (χ4n) is 10.6. The summed E-state index contributed by atoms with van der Waals surface area (Å²) in [4.78, 5) is 16.1. The van der Waals surface area contributed by atoms with E-state index in [2.05, 4.69) is 212 Å². The first-order valence-electron chi connectivity index (χ1n) is 21.6. The van der Waals surface area contributed by atoms with E-state index in [1.165, 1.54) is 55.3 Å². The van der Waals surface area contributed by atoms with Crippen LogP contribution in [0.4, 0.5) is 0 Å². The van der Waals surface area contributed by atoms with Gasteiger partial charge in [-0.25, -0.2) is 15.0 Å². The van der Waals surface area contributed by atoms with Gasteiger partial charge in [-0.3, -0.25) is 0 Å². The van der Waals surface area contributed by atoms with E-state index in [0.717, 1.165) is 61.4 Å². The topological polar surface area (TPSA) is 38.7 Å². The number of fused-ring (bicyclic) bond motifs is 12. The summed E-state index contributed by atoms with van der Waals surface area (Å²) in [7, 11) is 0. The summed E-state index contributed by atoms with van der Waals surface area (Å²) in [6.07, 6.45) is 0. The molecule has 11 aromatic rings. The quantitative estimate of drug-likeness (QED) is 0.174. The monoisotopic (exact) mass is 799 g/mol. The van der Waals surface area contributed by atoms with E-state index in [-0.39, 0.29) is 0 Å². The number of nitrogens with zero attached hydrogens (tertiary/aromatic N) is 3. The lowest BCUT2D eigenvalue weighted by atomic mass is 9.70. The van der Waals surface area contributed by atoms with Gasteiger partial charge in [-0.05, 0) is 96.7 Å². The molecule has 0 fully saturated rings. The van der Waals surface area contributed by atoms with E-state index < -0.39 is 5.41 Å². The maximum Gasteiger partial charge on any atom is 0.160 e. The van der Waals surface area contributed by atoms with Gasteiger partial charge in [0.1, 0.15) is 0 Å². The fourth-order valence-corrected chi connectivity index (χ4v) is 10.6. The number of aromatic nitrogens is 3. The minimum atomic E-state index is -0.470. The van der Waals surface area contributed by atoms with Gasteiger partial charge in [0.2, 0.25) is 0 Å². The lowest BCUT2D eigenvalue weighted by Gasteiger charge is -2.30. The first-order chi connectivity index (χ1) is 31.2. The van der Waals surface area contributed by atoms with Crippen LogP contribution in [0.1, 0.15) is 22.3 Å². The molecule has 0 saturated carbocycles. The van der Waals surface area contributed by atoms with Crippen molar-refractivity contribution < 1.29 is 0 Å². The van der Waals surface area contributed by atoms with Crippen LogP contribution in [-0.4, -0.2) is 15.0 Å². The Balaban J connectivity index is 1.08. The second-order valence-electron chi connectivity index (χ2n) is 16.7. The number of rotatable bonds is 5. The SMILES string of the molecule is c1ccc(-c2cc(-c3ccccc3)nc(-c3cccc(-c4cc(-c5cccc6ccccc56)nc5cc6c(cc45)-c4ccccc4C64c5ccccc5-c5ccccc54)c3)n2)cc1. The molecule has 3 heteroatoms. The standard InChI is InChI=1S/C60H37N3/c1-3-18-39(19-4-1)55-37-56(40-20-5-2-6-21-40)63-59(62-55)42-24-15-23-41(33-42)48-35-57(47-29-16-22-38-17-7-8-25-43(38)47)61-58-36-54-49(34-50(48)58)46-28-11-14-32-53(46)60(54)51-30-12-9-26-44(51)45-27-10-13-31-52(45)60/h1-37H. The third-order valence-corrected chi connectivity index (χ3v) is 13.3. The van der Waals surface area contributed by atoms with Crippen molar-refractivity contribution in [3.8, 4) is 78.5 Å². The van der Waals surface area contributed by atoms with E-state index in [9.17, 15) is 0 Å². The first kappa shape index (κ1) is 35.5. The summed E-state index contributed by atoms with van der Waals surface area (Å²) in [5, 5.41) is 3.47. The van der Waals surface area contributed by atoms with Gasteiger partial charge >= 0.3 is 0 Å². The third kappa shape index (κ3) is 5.36. The summed E-state index contributed by atoms with van der Waals surface area (Å²) in [6.45, 7) is 0. The third-order valence-electron chi connectivity index (χ3n) is 13.3. The van der Waals surface area contributed by atoms with Gasteiger partial charge in [-0.15, -0.1) is 0 Å². The van der Waals surface area contributed by atoms with Crippen molar-refractivity contribution in [3.05, 3.63) is 247 Å². The van der Waals surface area contributed by atoms with Crippen LogP contribution >= 0.6 is 0 Å². The lowest BCUT2D eigenvalue weighted by molar-refractivity contribution is 0.794. The smallest absolute Gasteiger partial charge is 0.160 e. The van der Waals surface area contributed by atoms with E-state index >= 15 is 0 Å². The molecule has 0 unspecified atom stereocenters. The maximum atomic E-state index is 5.63. The largest absolute Gasteiger partial charge is 0.248 e. The van der Waals surface area contributed by atoms with Crippen LogP contribution in [0.5, 0.6) is 0 Å². The molecule has 3 nitrogen and oxygen atoms in total. The first-order valence-corrected chi connectivity index (χ1v) is 21.6. The highest BCUT2D eigenvalue weighted by Crippen LogP contribution is 2.63. The van der Waals surface area contributed by atoms with E-state index in [0.29, 0.717) is 5.82 Å². The predicted molar refractivity (Wildman–Crippen MR) is 258 cm³/mol. The zero-order valence-corrected chi connectivity index (χ0v) is 34.2. The van der Waals surface area contributed by atoms with E-state index in [4.69, 9.17) is 15.0 Å². The second kappa shape index (κ2) is 13.9. The zero-order chi connectivity index (χ0) is 41.5. The fraction of sp³-hybridized carbons (Fsp3) is 0.0167. The van der Waals surface area contributed by atoms with Crippen molar-refractivity contribution in [2.24, 2.45) is 0 Å². The van der Waals surface area contributed by atoms with E-state index in [1.54, 1.807) is 0 Å². The highest BCUT2D eigenvalue weighted by Gasteiger charge is 2.51. The highest BCUT2D eigenvalue weighted by molar-refractivity contribution is 6.06. The van der Waals surface area contributed by atoms with Crippen LogP contribution in [-0.2, 0) is 5.41 Å². The molecule has 2 aromatic heterocycles. The molecule has 2 aliphatic rings. The molecule has 0 bridgehead atoms. The highest BCUT2D eigenvalue weighted by atomic mass is 14.9. The Labute approximate surface area is 365 Å². The summed E-state index contributed by atoms with van der Waals surface area (Å²) < 4.78 is 0. The number of pyridine rings is 1. The Hall–Kier alpha value is -8.27. The van der Waals surface area contributed by atoms with Gasteiger partial charge in [-0.1, -0.05) is 194 Å². The molecule has 13 rings (SSSR count). The molecular weight excluding hydrogens is 763 g/mol. The van der Waals surface area contributed by atoms with Crippen molar-refractivity contribution in [2.75, 3.05) is 0 Å². The summed E-state index contributed by atoms with van der Waals surface area (Å²) in [5.74, 6) is 0.681. The zero-order valence-electron chi connectivity index (χ0n) is 34.2. The molecule has 0 amide bonds. The van der Waals surface area contributed by atoms with Gasteiger partial charge in [0, 0.05) is 27.6 Å². The molecule has 0 aliphatic heterocycles. The van der Waals surface area contributed by atoms with Crippen molar-refractivity contribution in [3.63, 3.8) is 0 Å². The molecule has 0 radical (unpaired) electrons. The van der Waals surface area contributed by atoms with Crippen molar-refractivity contribution >= 4 is 21.7 Å². The van der Waals surface area contributed by atoms with Crippen LogP contribution in [0, 0.1) is 0 Å². The Morgan fingerprint density at radius 2 is 0.778 bits per heavy atom. The Morgan fingerprint density at radius 3 is 1.44 bits per heavy atom. The second-order valence-corrected chi connectivity index (χ2v) is 16.7. The van der Waals surface area contributed by atoms with Crippen molar-refractivity contribution in [1.82, 2.24) is 15.0 Å². The average Bonchev–Trinajstić information content (AvgIpc) is 3.82. The molecule has 9 aromatic carbocycles. The van der Waals surface area contributed by atoms with Crippen LogP contribution in [0.15, 0.2) is 224 Å². The summed E-state index contributed by atoms with van der Waals surface area (Å²) in [6, 6.07) is 80.8.